The van der Waals surface area contributed by atoms with Crippen LogP contribution in [-0.2, 0) is 17.9 Å². The molecule has 142 valence electrons. The lowest BCUT2D eigenvalue weighted by Crippen LogP contribution is -2.38. The maximum absolute atomic E-state index is 6.25. The van der Waals surface area contributed by atoms with Gasteiger partial charge in [0.05, 0.1) is 23.7 Å². The molecule has 1 aliphatic rings. The molecule has 2 N–H and O–H groups in total. The van der Waals surface area contributed by atoms with Crippen molar-refractivity contribution in [1.82, 2.24) is 9.88 Å². The van der Waals surface area contributed by atoms with Crippen LogP contribution in [0.15, 0.2) is 35.3 Å². The number of likely N-dealkylation sites (tertiary alicyclic amines) is 1. The Bertz CT molecular complexity index is 697. The summed E-state index contributed by atoms with van der Waals surface area (Å²) in [4.78, 5) is 12.7. The number of thiazole rings is 1. The number of benzene rings is 1. The Kier molecular flexibility index (Phi) is 8.80. The molecule has 0 amide bonds. The van der Waals surface area contributed by atoms with Gasteiger partial charge in [0, 0.05) is 20.2 Å². The van der Waals surface area contributed by atoms with Gasteiger partial charge < -0.3 is 15.4 Å². The Morgan fingerprint density at radius 2 is 1.88 bits per heavy atom. The third kappa shape index (κ3) is 5.65. The molecule has 0 radical (unpaired) electrons. The maximum Gasteiger partial charge on any atom is 0.191 e. The monoisotopic (exact) mass is 486 g/mol. The molecule has 3 rings (SSSR count). The quantitative estimate of drug-likeness (QED) is 0.390. The Morgan fingerprint density at radius 1 is 1.19 bits per heavy atom. The number of hydrogen-bond donors (Lipinski definition) is 1. The van der Waals surface area contributed by atoms with Gasteiger partial charge in [-0.15, -0.1) is 35.3 Å². The minimum atomic E-state index is 0. The van der Waals surface area contributed by atoms with E-state index in [4.69, 9.17) is 15.5 Å². The average Bonchev–Trinajstić information content (AvgIpc) is 2.85. The average molecular weight is 486 g/mol. The number of guanidine groups is 1. The van der Waals surface area contributed by atoms with Crippen LogP contribution in [0.2, 0.25) is 0 Å². The molecule has 5 nitrogen and oxygen atoms in total. The number of hydrogen-bond acceptors (Lipinski definition) is 4. The van der Waals surface area contributed by atoms with Gasteiger partial charge in [-0.2, -0.15) is 0 Å². The molecule has 1 fully saturated rings. The van der Waals surface area contributed by atoms with Crippen molar-refractivity contribution < 1.29 is 4.74 Å². The van der Waals surface area contributed by atoms with Crippen molar-refractivity contribution in [1.29, 1.82) is 0 Å². The standard InChI is InChI=1S/C19H26N4OS.HI/c1-24-14-17-22-16(18(25-17)15-9-5-4-6-10-15)13-21-19(20)23-11-7-2-3-8-12-23;/h4-6,9-10H,2-3,7-8,11-14H2,1H3,(H2,20,21);1H. The minimum Gasteiger partial charge on any atom is -0.378 e. The van der Waals surface area contributed by atoms with E-state index in [2.05, 4.69) is 22.0 Å². The first kappa shape index (κ1) is 21.1. The van der Waals surface area contributed by atoms with Gasteiger partial charge in [-0.25, -0.2) is 9.98 Å². The molecule has 1 aromatic carbocycles. The summed E-state index contributed by atoms with van der Waals surface area (Å²) in [5.41, 5.74) is 8.39. The van der Waals surface area contributed by atoms with Crippen molar-refractivity contribution in [3.63, 3.8) is 0 Å². The van der Waals surface area contributed by atoms with E-state index < -0.39 is 0 Å². The number of nitrogens with two attached hydrogens (primary N) is 1. The number of aliphatic imine (C=N–C) groups is 1. The lowest BCUT2D eigenvalue weighted by molar-refractivity contribution is 0.184. The molecule has 0 aliphatic carbocycles. The largest absolute Gasteiger partial charge is 0.378 e. The molecule has 0 bridgehead atoms. The molecule has 2 heterocycles. The summed E-state index contributed by atoms with van der Waals surface area (Å²) in [6.07, 6.45) is 4.96. The molecule has 2 aromatic rings. The zero-order chi connectivity index (χ0) is 17.5. The van der Waals surface area contributed by atoms with Crippen LogP contribution in [-0.4, -0.2) is 36.0 Å². The van der Waals surface area contributed by atoms with Crippen LogP contribution in [0.25, 0.3) is 10.4 Å². The van der Waals surface area contributed by atoms with Gasteiger partial charge in [0.25, 0.3) is 0 Å². The van der Waals surface area contributed by atoms with Crippen molar-refractivity contribution in [2.24, 2.45) is 10.7 Å². The van der Waals surface area contributed by atoms with Crippen LogP contribution in [0, 0.1) is 0 Å². The Labute approximate surface area is 176 Å². The second kappa shape index (κ2) is 10.8. The summed E-state index contributed by atoms with van der Waals surface area (Å²) in [7, 11) is 1.69. The molecule has 0 spiro atoms. The summed E-state index contributed by atoms with van der Waals surface area (Å²) >= 11 is 1.67. The SMILES string of the molecule is COCc1nc(CN=C(N)N2CCCCCC2)c(-c2ccccc2)s1.I. The summed E-state index contributed by atoms with van der Waals surface area (Å²) in [6, 6.07) is 10.3. The first-order valence-corrected chi connectivity index (χ1v) is 9.67. The highest BCUT2D eigenvalue weighted by Crippen LogP contribution is 2.31. The van der Waals surface area contributed by atoms with E-state index in [9.17, 15) is 0 Å². The van der Waals surface area contributed by atoms with Crippen LogP contribution in [0.4, 0.5) is 0 Å². The van der Waals surface area contributed by atoms with E-state index in [1.165, 1.54) is 31.2 Å². The van der Waals surface area contributed by atoms with Crippen LogP contribution in [0.3, 0.4) is 0 Å². The van der Waals surface area contributed by atoms with Gasteiger partial charge in [-0.05, 0) is 18.4 Å². The minimum absolute atomic E-state index is 0. The van der Waals surface area contributed by atoms with Gasteiger partial charge in [0.1, 0.15) is 5.01 Å². The predicted octanol–water partition coefficient (Wildman–Crippen LogP) is 4.27. The molecule has 0 atom stereocenters. The smallest absolute Gasteiger partial charge is 0.191 e. The second-order valence-corrected chi connectivity index (χ2v) is 7.34. The normalized spacial score (nSPS) is 15.4. The van der Waals surface area contributed by atoms with Gasteiger partial charge in [-0.3, -0.25) is 0 Å². The van der Waals surface area contributed by atoms with Gasteiger partial charge in [0.2, 0.25) is 0 Å². The fraction of sp³-hybridized carbons (Fsp3) is 0.474. The van der Waals surface area contributed by atoms with Crippen molar-refractivity contribution >= 4 is 41.3 Å². The summed E-state index contributed by atoms with van der Waals surface area (Å²) in [5.74, 6) is 0.641. The fourth-order valence-electron chi connectivity index (χ4n) is 3.06. The number of methoxy groups -OCH3 is 1. The molecule has 1 saturated heterocycles. The Morgan fingerprint density at radius 3 is 2.54 bits per heavy atom. The number of aromatic nitrogens is 1. The molecule has 0 saturated carbocycles. The first-order valence-electron chi connectivity index (χ1n) is 8.85. The van der Waals surface area contributed by atoms with E-state index in [1.54, 1.807) is 18.4 Å². The predicted molar refractivity (Wildman–Crippen MR) is 119 cm³/mol. The summed E-state index contributed by atoms with van der Waals surface area (Å²) < 4.78 is 5.25. The van der Waals surface area contributed by atoms with Crippen molar-refractivity contribution in [2.45, 2.75) is 38.8 Å². The highest BCUT2D eigenvalue weighted by molar-refractivity contribution is 14.0. The van der Waals surface area contributed by atoms with Crippen molar-refractivity contribution in [2.75, 3.05) is 20.2 Å². The molecular formula is C19H27IN4OS. The number of rotatable bonds is 5. The van der Waals surface area contributed by atoms with E-state index in [1.807, 2.05) is 18.2 Å². The van der Waals surface area contributed by atoms with E-state index in [0.29, 0.717) is 19.1 Å². The van der Waals surface area contributed by atoms with Gasteiger partial charge >= 0.3 is 0 Å². The van der Waals surface area contributed by atoms with Crippen molar-refractivity contribution in [3.05, 3.63) is 41.0 Å². The zero-order valence-corrected chi connectivity index (χ0v) is 18.3. The van der Waals surface area contributed by atoms with E-state index >= 15 is 0 Å². The van der Waals surface area contributed by atoms with Gasteiger partial charge in [-0.1, -0.05) is 43.2 Å². The fourth-order valence-corrected chi connectivity index (χ4v) is 4.11. The zero-order valence-electron chi connectivity index (χ0n) is 15.2. The topological polar surface area (TPSA) is 63.7 Å². The number of halogens is 1. The van der Waals surface area contributed by atoms with Crippen LogP contribution in [0.5, 0.6) is 0 Å². The molecule has 1 aliphatic heterocycles. The number of nitrogens with zero attached hydrogens (tertiary/aromatic N) is 3. The summed E-state index contributed by atoms with van der Waals surface area (Å²) in [5, 5.41) is 0.972. The maximum atomic E-state index is 6.25. The number of ether oxygens (including phenoxy) is 1. The second-order valence-electron chi connectivity index (χ2n) is 6.26. The highest BCUT2D eigenvalue weighted by atomic mass is 127. The molecule has 1 aromatic heterocycles. The molecular weight excluding hydrogens is 459 g/mol. The van der Waals surface area contributed by atoms with Crippen LogP contribution < -0.4 is 5.73 Å². The van der Waals surface area contributed by atoms with Crippen LogP contribution >= 0.6 is 35.3 Å². The lowest BCUT2D eigenvalue weighted by atomic mass is 10.1. The first-order chi connectivity index (χ1) is 12.3. The summed E-state index contributed by atoms with van der Waals surface area (Å²) in [6.45, 7) is 3.04. The van der Waals surface area contributed by atoms with Crippen LogP contribution in [0.1, 0.15) is 36.4 Å². The molecule has 26 heavy (non-hydrogen) atoms. The third-order valence-electron chi connectivity index (χ3n) is 4.37. The Balaban J connectivity index is 0.00000243. The highest BCUT2D eigenvalue weighted by Gasteiger charge is 2.14. The molecule has 0 unspecified atom stereocenters. The van der Waals surface area contributed by atoms with E-state index in [-0.39, 0.29) is 24.0 Å². The van der Waals surface area contributed by atoms with Gasteiger partial charge in [0.15, 0.2) is 5.96 Å². The third-order valence-corrected chi connectivity index (χ3v) is 5.49. The van der Waals surface area contributed by atoms with Crippen molar-refractivity contribution in [3.8, 4) is 10.4 Å². The molecule has 7 heteroatoms. The van der Waals surface area contributed by atoms with E-state index in [0.717, 1.165) is 28.7 Å². The Hall–Kier alpha value is -1.19. The lowest BCUT2D eigenvalue weighted by Gasteiger charge is -2.21.